The summed E-state index contributed by atoms with van der Waals surface area (Å²) in [5.74, 6) is 0.181. The fraction of sp³-hybridized carbons (Fsp3) is 0.167. The summed E-state index contributed by atoms with van der Waals surface area (Å²) in [5.41, 5.74) is 3.55. The van der Waals surface area contributed by atoms with E-state index in [-0.39, 0.29) is 5.91 Å². The average Bonchev–Trinajstić information content (AvgIpc) is 2.97. The van der Waals surface area contributed by atoms with Crippen molar-refractivity contribution in [3.63, 3.8) is 0 Å². The van der Waals surface area contributed by atoms with Crippen LogP contribution in [-0.2, 0) is 4.79 Å². The minimum absolute atomic E-state index is 0.218. The molecule has 0 aliphatic heterocycles. The van der Waals surface area contributed by atoms with Gasteiger partial charge in [-0.25, -0.2) is 9.88 Å². The van der Waals surface area contributed by atoms with Crippen molar-refractivity contribution in [2.75, 3.05) is 23.9 Å². The van der Waals surface area contributed by atoms with Crippen molar-refractivity contribution in [2.24, 2.45) is 0 Å². The van der Waals surface area contributed by atoms with Crippen molar-refractivity contribution in [1.29, 1.82) is 5.26 Å². The summed E-state index contributed by atoms with van der Waals surface area (Å²) in [6, 6.07) is 14.9. The molecule has 0 radical (unpaired) electrons. The molecule has 0 unspecified atom stereocenters. The lowest BCUT2D eigenvalue weighted by molar-refractivity contribution is -0.115. The molecular weight excluding hydrogens is 302 g/mol. The van der Waals surface area contributed by atoms with Gasteiger partial charge in [-0.3, -0.25) is 4.79 Å². The molecule has 3 rings (SSSR count). The van der Waals surface area contributed by atoms with Gasteiger partial charge >= 0.3 is 0 Å². The van der Waals surface area contributed by atoms with Crippen molar-refractivity contribution >= 4 is 34.3 Å². The standard InChI is InChI=1S/C18H17N5O/c1-12(24)23(17-7-5-4-6-13(17)11-19)18-20-15-9-8-14(22(2)3)10-16(15)21-18/h4-10H,1-3H3,(H,20,21). The number of carbonyl (C=O) groups is 1. The SMILES string of the molecule is CC(=O)N(c1nc2ccc(N(C)C)cc2[nH]1)c1ccccc1C#N. The van der Waals surface area contributed by atoms with Crippen LogP contribution in [0.3, 0.4) is 0 Å². The average molecular weight is 319 g/mol. The van der Waals surface area contributed by atoms with Crippen molar-refractivity contribution in [1.82, 2.24) is 9.97 Å². The van der Waals surface area contributed by atoms with E-state index in [9.17, 15) is 10.1 Å². The molecule has 3 aromatic rings. The van der Waals surface area contributed by atoms with Crippen molar-refractivity contribution in [3.8, 4) is 6.07 Å². The third kappa shape index (κ3) is 2.68. The summed E-state index contributed by atoms with van der Waals surface area (Å²) in [7, 11) is 3.92. The molecule has 0 bridgehead atoms. The summed E-state index contributed by atoms with van der Waals surface area (Å²) in [5, 5.41) is 9.31. The van der Waals surface area contributed by atoms with Crippen LogP contribution in [0.1, 0.15) is 12.5 Å². The maximum Gasteiger partial charge on any atom is 0.230 e. The van der Waals surface area contributed by atoms with Gasteiger partial charge in [0.25, 0.3) is 0 Å². The molecule has 0 aliphatic carbocycles. The Morgan fingerprint density at radius 3 is 2.62 bits per heavy atom. The molecule has 0 saturated heterocycles. The van der Waals surface area contributed by atoms with E-state index in [1.54, 1.807) is 24.3 Å². The highest BCUT2D eigenvalue weighted by atomic mass is 16.2. The van der Waals surface area contributed by atoms with Gasteiger partial charge < -0.3 is 9.88 Å². The van der Waals surface area contributed by atoms with Crippen LogP contribution in [0, 0.1) is 11.3 Å². The number of H-pyrrole nitrogens is 1. The number of amides is 1. The molecule has 2 aromatic carbocycles. The van der Waals surface area contributed by atoms with Gasteiger partial charge in [0.2, 0.25) is 11.9 Å². The number of nitrogens with zero attached hydrogens (tertiary/aromatic N) is 4. The lowest BCUT2D eigenvalue weighted by atomic mass is 10.2. The Morgan fingerprint density at radius 2 is 1.96 bits per heavy atom. The highest BCUT2D eigenvalue weighted by Gasteiger charge is 2.20. The fourth-order valence-corrected chi connectivity index (χ4v) is 2.56. The number of hydrogen-bond donors (Lipinski definition) is 1. The number of aromatic nitrogens is 2. The van der Waals surface area contributed by atoms with Gasteiger partial charge in [-0.05, 0) is 30.3 Å². The second-order valence-corrected chi connectivity index (χ2v) is 5.64. The molecule has 0 saturated carbocycles. The smallest absolute Gasteiger partial charge is 0.230 e. The second kappa shape index (κ2) is 6.05. The minimum atomic E-state index is -0.218. The summed E-state index contributed by atoms with van der Waals surface area (Å²) in [4.78, 5) is 23.3. The van der Waals surface area contributed by atoms with Crippen LogP contribution in [0.15, 0.2) is 42.5 Å². The van der Waals surface area contributed by atoms with Gasteiger partial charge in [-0.1, -0.05) is 12.1 Å². The molecule has 6 heteroatoms. The van der Waals surface area contributed by atoms with E-state index < -0.39 is 0 Å². The molecular formula is C18H17N5O. The maximum atomic E-state index is 12.2. The summed E-state index contributed by atoms with van der Waals surface area (Å²) in [6.45, 7) is 1.45. The Morgan fingerprint density at radius 1 is 1.21 bits per heavy atom. The van der Waals surface area contributed by atoms with Gasteiger partial charge in [0.1, 0.15) is 6.07 Å². The molecule has 0 aliphatic rings. The lowest BCUT2D eigenvalue weighted by Crippen LogP contribution is -2.24. The van der Waals surface area contributed by atoms with E-state index in [1.165, 1.54) is 11.8 Å². The molecule has 0 atom stereocenters. The fourth-order valence-electron chi connectivity index (χ4n) is 2.56. The Labute approximate surface area is 139 Å². The third-order valence-corrected chi connectivity index (χ3v) is 3.76. The predicted molar refractivity (Wildman–Crippen MR) is 94.4 cm³/mol. The molecule has 24 heavy (non-hydrogen) atoms. The topological polar surface area (TPSA) is 76.0 Å². The Kier molecular flexibility index (Phi) is 3.92. The van der Waals surface area contributed by atoms with Crippen molar-refractivity contribution < 1.29 is 4.79 Å². The van der Waals surface area contributed by atoms with E-state index in [4.69, 9.17) is 0 Å². The van der Waals surface area contributed by atoms with Gasteiger partial charge in [0.05, 0.1) is 22.3 Å². The zero-order valence-corrected chi connectivity index (χ0v) is 13.7. The van der Waals surface area contributed by atoms with Crippen LogP contribution in [0.5, 0.6) is 0 Å². The number of aromatic amines is 1. The zero-order chi connectivity index (χ0) is 17.3. The monoisotopic (exact) mass is 319 g/mol. The molecule has 1 aromatic heterocycles. The number of nitriles is 1. The molecule has 120 valence electrons. The van der Waals surface area contributed by atoms with Crippen LogP contribution in [0.25, 0.3) is 11.0 Å². The first kappa shape index (κ1) is 15.6. The Bertz CT molecular complexity index is 951. The normalized spacial score (nSPS) is 10.4. The summed E-state index contributed by atoms with van der Waals surface area (Å²) < 4.78 is 0. The molecule has 1 N–H and O–H groups in total. The summed E-state index contributed by atoms with van der Waals surface area (Å²) >= 11 is 0. The second-order valence-electron chi connectivity index (χ2n) is 5.64. The van der Waals surface area contributed by atoms with Gasteiger partial charge in [0, 0.05) is 26.7 Å². The Balaban J connectivity index is 2.15. The van der Waals surface area contributed by atoms with E-state index in [0.29, 0.717) is 17.2 Å². The molecule has 0 fully saturated rings. The minimum Gasteiger partial charge on any atom is -0.378 e. The van der Waals surface area contributed by atoms with Gasteiger partial charge in [-0.15, -0.1) is 0 Å². The third-order valence-electron chi connectivity index (χ3n) is 3.76. The number of nitrogens with one attached hydrogen (secondary N) is 1. The number of carbonyl (C=O) groups excluding carboxylic acids is 1. The number of fused-ring (bicyclic) bond motifs is 1. The number of rotatable bonds is 3. The first-order chi connectivity index (χ1) is 11.5. The Hall–Kier alpha value is -3.33. The van der Waals surface area contributed by atoms with Crippen LogP contribution in [-0.4, -0.2) is 30.0 Å². The van der Waals surface area contributed by atoms with Crippen molar-refractivity contribution in [2.45, 2.75) is 6.92 Å². The lowest BCUT2D eigenvalue weighted by Gasteiger charge is -2.19. The highest BCUT2D eigenvalue weighted by Crippen LogP contribution is 2.29. The zero-order valence-electron chi connectivity index (χ0n) is 13.7. The number of benzene rings is 2. The number of para-hydroxylation sites is 1. The molecule has 0 spiro atoms. The van der Waals surface area contributed by atoms with Crippen LogP contribution >= 0.6 is 0 Å². The molecule has 1 amide bonds. The number of hydrogen-bond acceptors (Lipinski definition) is 4. The van der Waals surface area contributed by atoms with Crippen LogP contribution in [0.2, 0.25) is 0 Å². The summed E-state index contributed by atoms with van der Waals surface area (Å²) in [6.07, 6.45) is 0. The van der Waals surface area contributed by atoms with E-state index >= 15 is 0 Å². The number of imidazole rings is 1. The maximum absolute atomic E-state index is 12.2. The molecule has 6 nitrogen and oxygen atoms in total. The van der Waals surface area contributed by atoms with E-state index in [1.807, 2.05) is 37.2 Å². The quantitative estimate of drug-likeness (QED) is 0.804. The predicted octanol–water partition coefficient (Wildman–Crippen LogP) is 3.19. The number of anilines is 3. The van der Waals surface area contributed by atoms with E-state index in [2.05, 4.69) is 16.0 Å². The largest absolute Gasteiger partial charge is 0.378 e. The van der Waals surface area contributed by atoms with Crippen molar-refractivity contribution in [3.05, 3.63) is 48.0 Å². The van der Waals surface area contributed by atoms with Crippen LogP contribution < -0.4 is 9.80 Å². The van der Waals surface area contributed by atoms with Gasteiger partial charge in [0.15, 0.2) is 0 Å². The first-order valence-corrected chi connectivity index (χ1v) is 7.48. The van der Waals surface area contributed by atoms with Crippen LogP contribution in [0.4, 0.5) is 17.3 Å². The highest BCUT2D eigenvalue weighted by molar-refractivity contribution is 6.00. The van der Waals surface area contributed by atoms with Gasteiger partial charge in [-0.2, -0.15) is 5.26 Å². The van der Waals surface area contributed by atoms with E-state index in [0.717, 1.165) is 16.7 Å². The molecule has 1 heterocycles. The first-order valence-electron chi connectivity index (χ1n) is 7.48.